The van der Waals surface area contributed by atoms with E-state index in [1.165, 1.54) is 7.11 Å². The van der Waals surface area contributed by atoms with E-state index in [1.807, 2.05) is 6.92 Å². The number of nitrogens with zero attached hydrogens (tertiary/aromatic N) is 2. The van der Waals surface area contributed by atoms with Gasteiger partial charge in [0.25, 0.3) is 5.69 Å². The first-order valence-electron chi connectivity index (χ1n) is 6.07. The van der Waals surface area contributed by atoms with Crippen LogP contribution in [-0.2, 0) is 9.53 Å². The van der Waals surface area contributed by atoms with Crippen molar-refractivity contribution in [3.05, 3.63) is 33.9 Å². The average molecular weight is 266 g/mol. The molecule has 0 fully saturated rings. The Morgan fingerprint density at radius 1 is 1.47 bits per heavy atom. The number of carbonyl (C=O) groups is 1. The molecule has 19 heavy (non-hydrogen) atoms. The van der Waals surface area contributed by atoms with Gasteiger partial charge < -0.3 is 9.64 Å². The maximum atomic E-state index is 11.4. The van der Waals surface area contributed by atoms with Crippen LogP contribution in [0.4, 0.5) is 11.4 Å². The number of anilines is 1. The lowest BCUT2D eigenvalue weighted by atomic mass is 10.1. The van der Waals surface area contributed by atoms with Gasteiger partial charge in [0.2, 0.25) is 0 Å². The minimum absolute atomic E-state index is 0.00856. The number of nitro benzene ring substituents is 1. The molecular formula is C13H18N2O4. The fraction of sp³-hybridized carbons (Fsp3) is 0.462. The number of hydrogen-bond donors (Lipinski definition) is 0. The number of aryl methyl sites for hydroxylation is 1. The lowest BCUT2D eigenvalue weighted by Gasteiger charge is -2.23. The van der Waals surface area contributed by atoms with Gasteiger partial charge >= 0.3 is 5.97 Å². The number of nitro groups is 1. The standard InChI is InChI=1S/C13H18N2O4/c1-4-8-14(9-12(16)19-3)11-7-5-6-10(2)13(11)15(17)18/h5-7H,4,8-9H2,1-3H3. The van der Waals surface area contributed by atoms with E-state index >= 15 is 0 Å². The molecule has 0 spiro atoms. The Kier molecular flexibility index (Phi) is 5.29. The maximum Gasteiger partial charge on any atom is 0.325 e. The summed E-state index contributed by atoms with van der Waals surface area (Å²) in [7, 11) is 1.30. The molecule has 0 heterocycles. The first-order valence-corrected chi connectivity index (χ1v) is 6.07. The van der Waals surface area contributed by atoms with E-state index in [1.54, 1.807) is 30.0 Å². The van der Waals surface area contributed by atoms with Gasteiger partial charge in [0.15, 0.2) is 0 Å². The first kappa shape index (κ1) is 14.9. The fourth-order valence-electron chi connectivity index (χ4n) is 1.91. The molecule has 104 valence electrons. The number of hydrogen-bond acceptors (Lipinski definition) is 5. The molecule has 0 bridgehead atoms. The largest absolute Gasteiger partial charge is 0.468 e. The second kappa shape index (κ2) is 6.72. The molecule has 0 radical (unpaired) electrons. The van der Waals surface area contributed by atoms with Crippen molar-refractivity contribution < 1.29 is 14.5 Å². The van der Waals surface area contributed by atoms with E-state index < -0.39 is 10.9 Å². The molecule has 0 saturated heterocycles. The monoisotopic (exact) mass is 266 g/mol. The Morgan fingerprint density at radius 2 is 2.16 bits per heavy atom. The second-order valence-corrected chi connectivity index (χ2v) is 4.20. The van der Waals surface area contributed by atoms with Crippen LogP contribution in [0, 0.1) is 17.0 Å². The Morgan fingerprint density at radius 3 is 2.68 bits per heavy atom. The molecule has 6 nitrogen and oxygen atoms in total. The van der Waals surface area contributed by atoms with Crippen LogP contribution >= 0.6 is 0 Å². The Balaban J connectivity index is 3.18. The highest BCUT2D eigenvalue weighted by Crippen LogP contribution is 2.31. The van der Waals surface area contributed by atoms with E-state index in [-0.39, 0.29) is 12.2 Å². The maximum absolute atomic E-state index is 11.4. The van der Waals surface area contributed by atoms with Crippen LogP contribution < -0.4 is 4.90 Å². The molecule has 1 aromatic rings. The summed E-state index contributed by atoms with van der Waals surface area (Å²) in [5.41, 5.74) is 1.07. The van der Waals surface area contributed by atoms with Crippen LogP contribution in [0.5, 0.6) is 0 Å². The zero-order chi connectivity index (χ0) is 14.4. The highest BCUT2D eigenvalue weighted by atomic mass is 16.6. The Hall–Kier alpha value is -2.11. The van der Waals surface area contributed by atoms with Crippen LogP contribution in [0.3, 0.4) is 0 Å². The summed E-state index contributed by atoms with van der Waals surface area (Å²) in [6.45, 7) is 4.20. The molecule has 1 rings (SSSR count). The molecule has 0 amide bonds. The highest BCUT2D eigenvalue weighted by Gasteiger charge is 2.22. The van der Waals surface area contributed by atoms with Crippen LogP contribution in [0.25, 0.3) is 0 Å². The quantitative estimate of drug-likeness (QED) is 0.448. The summed E-state index contributed by atoms with van der Waals surface area (Å²) in [6, 6.07) is 5.09. The highest BCUT2D eigenvalue weighted by molar-refractivity contribution is 5.78. The number of benzene rings is 1. The van der Waals surface area contributed by atoms with Crippen LogP contribution in [0.1, 0.15) is 18.9 Å². The average Bonchev–Trinajstić information content (AvgIpc) is 2.37. The molecule has 0 aromatic heterocycles. The van der Waals surface area contributed by atoms with E-state index in [4.69, 9.17) is 0 Å². The lowest BCUT2D eigenvalue weighted by Crippen LogP contribution is -2.31. The minimum atomic E-state index is -0.413. The van der Waals surface area contributed by atoms with E-state index in [2.05, 4.69) is 4.74 Å². The van der Waals surface area contributed by atoms with Gasteiger partial charge in [0.1, 0.15) is 12.2 Å². The smallest absolute Gasteiger partial charge is 0.325 e. The van der Waals surface area contributed by atoms with Crippen molar-refractivity contribution in [2.24, 2.45) is 0 Å². The molecular weight excluding hydrogens is 248 g/mol. The van der Waals surface area contributed by atoms with E-state index in [0.29, 0.717) is 17.8 Å². The third-order valence-electron chi connectivity index (χ3n) is 2.78. The van der Waals surface area contributed by atoms with Gasteiger partial charge in [-0.05, 0) is 19.4 Å². The molecule has 0 aliphatic rings. The number of ether oxygens (including phenoxy) is 1. The van der Waals surface area contributed by atoms with Crippen molar-refractivity contribution >= 4 is 17.3 Å². The molecule has 0 aliphatic carbocycles. The predicted octanol–water partition coefficient (Wildman–Crippen LogP) is 2.29. The zero-order valence-electron chi connectivity index (χ0n) is 11.4. The van der Waals surface area contributed by atoms with Crippen LogP contribution in [-0.4, -0.2) is 31.1 Å². The topological polar surface area (TPSA) is 72.7 Å². The van der Waals surface area contributed by atoms with Gasteiger partial charge in [-0.15, -0.1) is 0 Å². The summed E-state index contributed by atoms with van der Waals surface area (Å²) in [5, 5.41) is 11.2. The fourth-order valence-corrected chi connectivity index (χ4v) is 1.91. The van der Waals surface area contributed by atoms with E-state index in [9.17, 15) is 14.9 Å². The number of methoxy groups -OCH3 is 1. The van der Waals surface area contributed by atoms with Gasteiger partial charge in [-0.2, -0.15) is 0 Å². The summed E-state index contributed by atoms with van der Waals surface area (Å²) < 4.78 is 4.63. The number of esters is 1. The van der Waals surface area contributed by atoms with Crippen LogP contribution in [0.15, 0.2) is 18.2 Å². The van der Waals surface area contributed by atoms with Crippen molar-refractivity contribution in [3.8, 4) is 0 Å². The normalized spacial score (nSPS) is 10.1. The second-order valence-electron chi connectivity index (χ2n) is 4.20. The third kappa shape index (κ3) is 3.67. The summed E-state index contributed by atoms with van der Waals surface area (Å²) in [4.78, 5) is 23.8. The van der Waals surface area contributed by atoms with Crippen molar-refractivity contribution in [1.29, 1.82) is 0 Å². The zero-order valence-corrected chi connectivity index (χ0v) is 11.4. The number of carbonyl (C=O) groups excluding carboxylic acids is 1. The van der Waals surface area contributed by atoms with Gasteiger partial charge in [0, 0.05) is 12.1 Å². The number of rotatable bonds is 6. The minimum Gasteiger partial charge on any atom is -0.468 e. The molecule has 6 heteroatoms. The van der Waals surface area contributed by atoms with E-state index in [0.717, 1.165) is 6.42 Å². The molecule has 0 N–H and O–H groups in total. The third-order valence-corrected chi connectivity index (χ3v) is 2.78. The Labute approximate surface area is 112 Å². The van der Waals surface area contributed by atoms with Crippen molar-refractivity contribution in [2.45, 2.75) is 20.3 Å². The van der Waals surface area contributed by atoms with Crippen LogP contribution in [0.2, 0.25) is 0 Å². The first-order chi connectivity index (χ1) is 9.01. The number of para-hydroxylation sites is 1. The van der Waals surface area contributed by atoms with Gasteiger partial charge in [-0.1, -0.05) is 19.1 Å². The molecule has 0 atom stereocenters. The summed E-state index contributed by atoms with van der Waals surface area (Å²) >= 11 is 0. The molecule has 0 saturated carbocycles. The predicted molar refractivity (Wildman–Crippen MR) is 72.4 cm³/mol. The van der Waals surface area contributed by atoms with Gasteiger partial charge in [-0.25, -0.2) is 0 Å². The van der Waals surface area contributed by atoms with Gasteiger partial charge in [-0.3, -0.25) is 14.9 Å². The Bertz CT molecular complexity index is 474. The SMILES string of the molecule is CCCN(CC(=O)OC)c1cccc(C)c1[N+](=O)[O-]. The van der Waals surface area contributed by atoms with Crippen molar-refractivity contribution in [1.82, 2.24) is 0 Å². The van der Waals surface area contributed by atoms with Crippen molar-refractivity contribution in [2.75, 3.05) is 25.1 Å². The lowest BCUT2D eigenvalue weighted by molar-refractivity contribution is -0.384. The molecule has 0 aliphatic heterocycles. The van der Waals surface area contributed by atoms with Gasteiger partial charge in [0.05, 0.1) is 12.0 Å². The molecule has 1 aromatic carbocycles. The summed E-state index contributed by atoms with van der Waals surface area (Å²) in [5.74, 6) is -0.413. The summed E-state index contributed by atoms with van der Waals surface area (Å²) in [6.07, 6.45) is 0.780. The molecule has 0 unspecified atom stereocenters. The van der Waals surface area contributed by atoms with Crippen molar-refractivity contribution in [3.63, 3.8) is 0 Å².